The van der Waals surface area contributed by atoms with Crippen molar-refractivity contribution >= 4 is 6.09 Å². The maximum absolute atomic E-state index is 13.0. The minimum atomic E-state index is -0.764. The molecule has 0 unspecified atom stereocenters. The number of ether oxygens (including phenoxy) is 6. The van der Waals surface area contributed by atoms with E-state index >= 15 is 0 Å². The first-order chi connectivity index (χ1) is 19.0. The molecule has 2 aliphatic heterocycles. The molecule has 1 saturated heterocycles. The normalized spacial score (nSPS) is 16.6. The number of carbonyl (C=O) groups excluding carboxylic acids is 1. The summed E-state index contributed by atoms with van der Waals surface area (Å²) in [6.45, 7) is 1.72. The predicted molar refractivity (Wildman–Crippen MR) is 138 cm³/mol. The number of nitrogens with two attached hydrogens (primary N) is 1. The lowest BCUT2D eigenvalue weighted by molar-refractivity contribution is 0.0415. The number of carbonyl (C=O) groups is 1. The van der Waals surface area contributed by atoms with Gasteiger partial charge in [0.2, 0.25) is 17.5 Å². The van der Waals surface area contributed by atoms with Gasteiger partial charge in [-0.05, 0) is 18.2 Å². The summed E-state index contributed by atoms with van der Waals surface area (Å²) >= 11 is 0. The minimum Gasteiger partial charge on any atom is -0.493 e. The highest BCUT2D eigenvalue weighted by atomic mass is 16.6. The number of aromatic amines is 1. The van der Waals surface area contributed by atoms with Gasteiger partial charge in [-0.1, -0.05) is 18.2 Å². The topological polar surface area (TPSA) is 154 Å². The molecular weight excluding hydrogens is 506 g/mol. The first-order valence-corrected chi connectivity index (χ1v) is 12.1. The Labute approximate surface area is 224 Å². The molecule has 1 atom stereocenters. The SMILES string of the molecule is COc1cc(-c2[nH]nc3c2[C@@H](c2ccccc2OC(=O)N2CCOCC2)C(C#N)=C(N)O3)cc(OC)c1OC. The molecule has 0 radical (unpaired) electrons. The molecule has 1 fully saturated rings. The van der Waals surface area contributed by atoms with Crippen molar-refractivity contribution < 1.29 is 33.2 Å². The average Bonchev–Trinajstić information content (AvgIpc) is 3.39. The summed E-state index contributed by atoms with van der Waals surface area (Å²) in [5.74, 6) is 0.899. The van der Waals surface area contributed by atoms with Crippen LogP contribution in [0.4, 0.5) is 4.79 Å². The van der Waals surface area contributed by atoms with Crippen molar-refractivity contribution in [2.75, 3.05) is 47.6 Å². The first-order valence-electron chi connectivity index (χ1n) is 12.1. The molecule has 0 spiro atoms. The first kappa shape index (κ1) is 25.7. The Morgan fingerprint density at radius 1 is 1.10 bits per heavy atom. The Morgan fingerprint density at radius 2 is 1.79 bits per heavy atom. The summed E-state index contributed by atoms with van der Waals surface area (Å²) in [5, 5.41) is 17.5. The van der Waals surface area contributed by atoms with Gasteiger partial charge in [-0.25, -0.2) is 4.79 Å². The van der Waals surface area contributed by atoms with Gasteiger partial charge < -0.3 is 39.1 Å². The van der Waals surface area contributed by atoms with Crippen LogP contribution in [0.3, 0.4) is 0 Å². The Morgan fingerprint density at radius 3 is 2.44 bits per heavy atom. The number of benzene rings is 2. The fourth-order valence-electron chi connectivity index (χ4n) is 4.72. The van der Waals surface area contributed by atoms with Crippen LogP contribution in [0.1, 0.15) is 17.0 Å². The van der Waals surface area contributed by atoms with Crippen molar-refractivity contribution in [3.05, 3.63) is 59.0 Å². The highest BCUT2D eigenvalue weighted by molar-refractivity contribution is 5.76. The van der Waals surface area contributed by atoms with Crippen molar-refractivity contribution in [3.63, 3.8) is 0 Å². The molecule has 39 heavy (non-hydrogen) atoms. The number of nitrogens with one attached hydrogen (secondary N) is 1. The molecule has 12 heteroatoms. The minimum absolute atomic E-state index is 0.0905. The Hall–Kier alpha value is -4.89. The van der Waals surface area contributed by atoms with E-state index in [1.165, 1.54) is 21.3 Å². The number of nitriles is 1. The molecule has 202 valence electrons. The number of rotatable bonds is 6. The predicted octanol–water partition coefficient (Wildman–Crippen LogP) is 3.15. The monoisotopic (exact) mass is 533 g/mol. The zero-order chi connectivity index (χ0) is 27.5. The second kappa shape index (κ2) is 10.8. The van der Waals surface area contributed by atoms with Crippen molar-refractivity contribution in [2.24, 2.45) is 5.73 Å². The lowest BCUT2D eigenvalue weighted by atomic mass is 9.82. The van der Waals surface area contributed by atoms with Crippen molar-refractivity contribution in [3.8, 4) is 46.2 Å². The van der Waals surface area contributed by atoms with Crippen LogP contribution in [0.5, 0.6) is 28.9 Å². The van der Waals surface area contributed by atoms with Gasteiger partial charge in [-0.15, -0.1) is 5.10 Å². The van der Waals surface area contributed by atoms with Crippen LogP contribution in [0.25, 0.3) is 11.3 Å². The molecule has 0 aliphatic carbocycles. The third kappa shape index (κ3) is 4.64. The van der Waals surface area contributed by atoms with Gasteiger partial charge in [0.1, 0.15) is 17.4 Å². The van der Waals surface area contributed by atoms with Crippen LogP contribution >= 0.6 is 0 Å². The molecule has 2 aliphatic rings. The van der Waals surface area contributed by atoms with Crippen LogP contribution in [-0.4, -0.2) is 68.8 Å². The molecule has 0 bridgehead atoms. The standard InChI is InChI=1S/C27H27N5O7/c1-34-19-12-15(13-20(35-2)24(19)36-3)23-22-21(17(14-28)25(29)39-26(22)31-30-23)16-6-4-5-7-18(16)38-27(33)32-8-10-37-11-9-32/h4-7,12-13,21H,8-11,29H2,1-3H3,(H,30,31)/t21-/m0/s1. The van der Waals surface area contributed by atoms with Crippen LogP contribution in [-0.2, 0) is 4.74 Å². The summed E-state index contributed by atoms with van der Waals surface area (Å²) < 4.78 is 33.4. The number of morpholine rings is 1. The van der Waals surface area contributed by atoms with Gasteiger partial charge in [0.05, 0.1) is 51.7 Å². The molecule has 3 N–H and O–H groups in total. The second-order valence-electron chi connectivity index (χ2n) is 8.66. The summed E-state index contributed by atoms with van der Waals surface area (Å²) in [5.41, 5.74) is 8.55. The number of aromatic nitrogens is 2. The molecule has 3 heterocycles. The number of nitrogens with zero attached hydrogens (tertiary/aromatic N) is 3. The third-order valence-corrected chi connectivity index (χ3v) is 6.59. The van der Waals surface area contributed by atoms with Crippen LogP contribution in [0, 0.1) is 11.3 Å². The molecule has 1 amide bonds. The number of allylic oxidation sites excluding steroid dienone is 1. The number of para-hydroxylation sites is 1. The molecule has 12 nitrogen and oxygen atoms in total. The summed E-state index contributed by atoms with van der Waals surface area (Å²) in [6, 6.07) is 12.7. The number of H-pyrrole nitrogens is 1. The Bertz CT molecular complexity index is 1440. The van der Waals surface area contributed by atoms with Gasteiger partial charge in [0.25, 0.3) is 0 Å². The number of hydrogen-bond donors (Lipinski definition) is 2. The van der Waals surface area contributed by atoms with Crippen LogP contribution < -0.4 is 29.4 Å². The lowest BCUT2D eigenvalue weighted by Crippen LogP contribution is -2.42. The van der Waals surface area contributed by atoms with E-state index in [-0.39, 0.29) is 23.1 Å². The van der Waals surface area contributed by atoms with Crippen LogP contribution in [0.2, 0.25) is 0 Å². The van der Waals surface area contributed by atoms with Crippen molar-refractivity contribution in [2.45, 2.75) is 5.92 Å². The number of amides is 1. The van der Waals surface area contributed by atoms with E-state index in [1.807, 2.05) is 0 Å². The zero-order valence-corrected chi connectivity index (χ0v) is 21.6. The number of methoxy groups -OCH3 is 3. The highest BCUT2D eigenvalue weighted by Crippen LogP contribution is 2.49. The van der Waals surface area contributed by atoms with Gasteiger partial charge in [0, 0.05) is 24.2 Å². The maximum atomic E-state index is 13.0. The largest absolute Gasteiger partial charge is 0.493 e. The molecule has 0 saturated carbocycles. The van der Waals surface area contributed by atoms with E-state index < -0.39 is 12.0 Å². The quantitative estimate of drug-likeness (QED) is 0.483. The number of hydrogen-bond acceptors (Lipinski definition) is 10. The lowest BCUT2D eigenvalue weighted by Gasteiger charge is -2.28. The fraction of sp³-hybridized carbons (Fsp3) is 0.296. The molecule has 3 aromatic rings. The Balaban J connectivity index is 1.64. The van der Waals surface area contributed by atoms with E-state index in [1.54, 1.807) is 41.3 Å². The van der Waals surface area contributed by atoms with E-state index in [0.717, 1.165) is 0 Å². The van der Waals surface area contributed by atoms with Gasteiger partial charge in [0.15, 0.2) is 11.5 Å². The highest BCUT2D eigenvalue weighted by Gasteiger charge is 2.38. The molecular formula is C27H27N5O7. The fourth-order valence-corrected chi connectivity index (χ4v) is 4.72. The number of fused-ring (bicyclic) bond motifs is 1. The summed E-state index contributed by atoms with van der Waals surface area (Å²) in [6.07, 6.45) is -0.509. The third-order valence-electron chi connectivity index (χ3n) is 6.59. The van der Waals surface area contributed by atoms with Crippen molar-refractivity contribution in [1.29, 1.82) is 5.26 Å². The Kier molecular flexibility index (Phi) is 7.16. The van der Waals surface area contributed by atoms with E-state index in [9.17, 15) is 10.1 Å². The second-order valence-corrected chi connectivity index (χ2v) is 8.66. The van der Waals surface area contributed by atoms with E-state index in [4.69, 9.17) is 34.2 Å². The van der Waals surface area contributed by atoms with Crippen LogP contribution in [0.15, 0.2) is 47.9 Å². The molecule has 2 aromatic carbocycles. The average molecular weight is 534 g/mol. The summed E-state index contributed by atoms with van der Waals surface area (Å²) in [7, 11) is 4.56. The van der Waals surface area contributed by atoms with Gasteiger partial charge in [-0.3, -0.25) is 5.10 Å². The summed E-state index contributed by atoms with van der Waals surface area (Å²) in [4.78, 5) is 14.5. The maximum Gasteiger partial charge on any atom is 0.415 e. The van der Waals surface area contributed by atoms with Crippen molar-refractivity contribution in [1.82, 2.24) is 15.1 Å². The molecule has 5 rings (SSSR count). The smallest absolute Gasteiger partial charge is 0.415 e. The van der Waals surface area contributed by atoms with E-state index in [0.29, 0.717) is 65.9 Å². The van der Waals surface area contributed by atoms with Gasteiger partial charge >= 0.3 is 6.09 Å². The van der Waals surface area contributed by atoms with Gasteiger partial charge in [-0.2, -0.15) is 5.26 Å². The molecule has 1 aromatic heterocycles. The zero-order valence-electron chi connectivity index (χ0n) is 21.6. The van der Waals surface area contributed by atoms with E-state index in [2.05, 4.69) is 16.3 Å².